The molecular weight excluding hydrogens is 471 g/mol. The number of nitrogens with one attached hydrogen (secondary N) is 2. The summed E-state index contributed by atoms with van der Waals surface area (Å²) in [7, 11) is 3.77. The Labute approximate surface area is 199 Å². The van der Waals surface area contributed by atoms with Crippen molar-refractivity contribution in [3.8, 4) is 17.2 Å². The van der Waals surface area contributed by atoms with Crippen LogP contribution in [0.25, 0.3) is 0 Å². The van der Waals surface area contributed by atoms with Gasteiger partial charge in [-0.1, -0.05) is 30.3 Å². The number of ether oxygens (including phenoxy) is 3. The van der Waals surface area contributed by atoms with Gasteiger partial charge in [-0.15, -0.1) is 0 Å². The molecule has 2 aromatic carbocycles. The van der Waals surface area contributed by atoms with E-state index in [1.165, 1.54) is 27.4 Å². The summed E-state index contributed by atoms with van der Waals surface area (Å²) < 4.78 is 57.9. The van der Waals surface area contributed by atoms with Crippen molar-refractivity contribution in [2.45, 2.75) is 24.7 Å². The zero-order valence-corrected chi connectivity index (χ0v) is 19.2. The van der Waals surface area contributed by atoms with Gasteiger partial charge in [-0.25, -0.2) is 4.79 Å². The molecule has 12 heteroatoms. The number of urea groups is 1. The van der Waals surface area contributed by atoms with Crippen molar-refractivity contribution >= 4 is 17.8 Å². The summed E-state index contributed by atoms with van der Waals surface area (Å²) in [6.45, 7) is -0.271. The quantitative estimate of drug-likeness (QED) is 0.519. The van der Waals surface area contributed by atoms with Gasteiger partial charge in [-0.05, 0) is 30.5 Å². The number of amides is 4. The average Bonchev–Trinajstić information content (AvgIpc) is 3.08. The first-order chi connectivity index (χ1) is 16.6. The third-order valence-corrected chi connectivity index (χ3v) is 5.47. The SMILES string of the molecule is COc1ccc(C(=O)N[C@]2(C(F)(F)F)NC(=O)N(CCCc3ccccc3)C2=O)c(OC)c1OC. The fourth-order valence-electron chi connectivity index (χ4n) is 3.73. The lowest BCUT2D eigenvalue weighted by molar-refractivity contribution is -0.200. The summed E-state index contributed by atoms with van der Waals surface area (Å²) in [5, 5.41) is 3.30. The van der Waals surface area contributed by atoms with Crippen molar-refractivity contribution in [1.82, 2.24) is 15.5 Å². The van der Waals surface area contributed by atoms with Crippen LogP contribution in [0.15, 0.2) is 42.5 Å². The normalized spacial score (nSPS) is 17.7. The van der Waals surface area contributed by atoms with E-state index in [0.717, 1.165) is 11.6 Å². The summed E-state index contributed by atoms with van der Waals surface area (Å²) in [6.07, 6.45) is -4.67. The van der Waals surface area contributed by atoms with Crippen molar-refractivity contribution in [3.05, 3.63) is 53.6 Å². The average molecular weight is 495 g/mol. The standard InChI is InChI=1S/C23H24F3N3O6/c1-33-16-12-11-15(17(34-2)18(16)35-3)19(30)27-22(23(24,25)26)20(31)29(21(32)28-22)13-7-10-14-8-5-4-6-9-14/h4-6,8-9,11-12H,7,10,13H2,1-3H3,(H,27,30)(H,28,32)/t22-/m0/s1. The molecule has 0 saturated carbocycles. The highest BCUT2D eigenvalue weighted by Gasteiger charge is 2.68. The monoisotopic (exact) mass is 495 g/mol. The lowest BCUT2D eigenvalue weighted by Gasteiger charge is -2.30. The van der Waals surface area contributed by atoms with Crippen molar-refractivity contribution < 1.29 is 41.8 Å². The van der Waals surface area contributed by atoms with Gasteiger partial charge >= 0.3 is 12.2 Å². The molecule has 1 fully saturated rings. The summed E-state index contributed by atoms with van der Waals surface area (Å²) in [6, 6.07) is 10.2. The minimum absolute atomic E-state index is 0.0342. The van der Waals surface area contributed by atoms with E-state index in [9.17, 15) is 27.6 Å². The van der Waals surface area contributed by atoms with Crippen molar-refractivity contribution in [3.63, 3.8) is 0 Å². The highest BCUT2D eigenvalue weighted by atomic mass is 19.4. The lowest BCUT2D eigenvalue weighted by atomic mass is 10.1. The molecule has 0 unspecified atom stereocenters. The van der Waals surface area contributed by atoms with E-state index < -0.39 is 29.7 Å². The van der Waals surface area contributed by atoms with Gasteiger partial charge in [-0.2, -0.15) is 13.2 Å². The van der Waals surface area contributed by atoms with Crippen molar-refractivity contribution in [2.24, 2.45) is 0 Å². The molecule has 1 aliphatic rings. The summed E-state index contributed by atoms with van der Waals surface area (Å²) in [4.78, 5) is 38.7. The molecule has 2 aromatic rings. The van der Waals surface area contributed by atoms with E-state index >= 15 is 0 Å². The number of rotatable bonds is 9. The molecule has 1 atom stereocenters. The summed E-state index contributed by atoms with van der Waals surface area (Å²) in [5.74, 6) is -3.02. The number of hydrogen-bond donors (Lipinski definition) is 2. The van der Waals surface area contributed by atoms with Crippen molar-refractivity contribution in [1.29, 1.82) is 0 Å². The largest absolute Gasteiger partial charge is 0.493 e. The van der Waals surface area contributed by atoms with Gasteiger partial charge in [0.15, 0.2) is 11.5 Å². The molecule has 1 saturated heterocycles. The molecule has 0 aromatic heterocycles. The molecule has 188 valence electrons. The number of benzene rings is 2. The first-order valence-corrected chi connectivity index (χ1v) is 10.5. The number of carbonyl (C=O) groups is 3. The van der Waals surface area contributed by atoms with Gasteiger partial charge < -0.3 is 19.5 Å². The molecule has 0 spiro atoms. The Kier molecular flexibility index (Phi) is 7.42. The number of aryl methyl sites for hydroxylation is 1. The van der Waals surface area contributed by atoms with Crippen LogP contribution in [0.1, 0.15) is 22.3 Å². The number of halogens is 3. The summed E-state index contributed by atoms with van der Waals surface area (Å²) in [5.41, 5.74) is -3.11. The molecule has 3 rings (SSSR count). The van der Waals surface area contributed by atoms with E-state index in [2.05, 4.69) is 0 Å². The Morgan fingerprint density at radius 3 is 2.23 bits per heavy atom. The number of imide groups is 1. The van der Waals surface area contributed by atoms with Crippen LogP contribution in [0, 0.1) is 0 Å². The first kappa shape index (κ1) is 25.7. The topological polar surface area (TPSA) is 106 Å². The van der Waals surface area contributed by atoms with Crippen LogP contribution in [0.5, 0.6) is 17.2 Å². The minimum atomic E-state index is -5.34. The highest BCUT2D eigenvalue weighted by Crippen LogP contribution is 2.40. The van der Waals surface area contributed by atoms with Crippen LogP contribution in [-0.2, 0) is 11.2 Å². The highest BCUT2D eigenvalue weighted by molar-refractivity contribution is 6.10. The molecule has 1 aliphatic heterocycles. The third kappa shape index (κ3) is 4.81. The maximum Gasteiger partial charge on any atom is 0.440 e. The Hall–Kier alpha value is -3.96. The van der Waals surface area contributed by atoms with E-state index in [4.69, 9.17) is 14.2 Å². The molecule has 1 heterocycles. The van der Waals surface area contributed by atoms with Gasteiger partial charge in [0, 0.05) is 6.54 Å². The fourth-order valence-corrected chi connectivity index (χ4v) is 3.73. The number of hydrogen-bond acceptors (Lipinski definition) is 6. The molecule has 9 nitrogen and oxygen atoms in total. The second kappa shape index (κ2) is 10.1. The van der Waals surface area contributed by atoms with Crippen LogP contribution in [0.4, 0.5) is 18.0 Å². The third-order valence-electron chi connectivity index (χ3n) is 5.47. The molecule has 0 aliphatic carbocycles. The predicted molar refractivity (Wildman–Crippen MR) is 117 cm³/mol. The molecule has 35 heavy (non-hydrogen) atoms. The van der Waals surface area contributed by atoms with Crippen LogP contribution >= 0.6 is 0 Å². The molecular formula is C23H24F3N3O6. The second-order valence-corrected chi connectivity index (χ2v) is 7.56. The Morgan fingerprint density at radius 2 is 1.66 bits per heavy atom. The Morgan fingerprint density at radius 1 is 1.00 bits per heavy atom. The van der Waals surface area contributed by atoms with Gasteiger partial charge in [0.2, 0.25) is 5.75 Å². The smallest absolute Gasteiger partial charge is 0.440 e. The first-order valence-electron chi connectivity index (χ1n) is 10.5. The molecule has 2 N–H and O–H groups in total. The Bertz CT molecular complexity index is 1110. The van der Waals surface area contributed by atoms with Gasteiger partial charge in [0.1, 0.15) is 0 Å². The number of alkyl halides is 3. The zero-order valence-electron chi connectivity index (χ0n) is 19.2. The second-order valence-electron chi connectivity index (χ2n) is 7.56. The van der Waals surface area contributed by atoms with Gasteiger partial charge in [0.05, 0.1) is 26.9 Å². The van der Waals surface area contributed by atoms with Crippen LogP contribution in [-0.4, -0.2) is 62.5 Å². The van der Waals surface area contributed by atoms with Gasteiger partial charge in [0.25, 0.3) is 17.5 Å². The van der Waals surface area contributed by atoms with E-state index in [1.807, 2.05) is 18.2 Å². The number of carbonyl (C=O) groups excluding carboxylic acids is 3. The number of methoxy groups -OCH3 is 3. The zero-order chi connectivity index (χ0) is 25.8. The Balaban J connectivity index is 1.87. The van der Waals surface area contributed by atoms with Crippen LogP contribution < -0.4 is 24.8 Å². The molecule has 4 amide bonds. The van der Waals surface area contributed by atoms with Gasteiger partial charge in [-0.3, -0.25) is 19.8 Å². The van der Waals surface area contributed by atoms with Crippen LogP contribution in [0.2, 0.25) is 0 Å². The fraction of sp³-hybridized carbons (Fsp3) is 0.348. The molecule has 0 radical (unpaired) electrons. The maximum atomic E-state index is 14.2. The van der Waals surface area contributed by atoms with E-state index in [1.54, 1.807) is 22.8 Å². The van der Waals surface area contributed by atoms with E-state index in [-0.39, 0.29) is 35.8 Å². The predicted octanol–water partition coefficient (Wildman–Crippen LogP) is 2.89. The lowest BCUT2D eigenvalue weighted by Crippen LogP contribution is -2.69. The number of nitrogens with zero attached hydrogens (tertiary/aromatic N) is 1. The van der Waals surface area contributed by atoms with Crippen molar-refractivity contribution in [2.75, 3.05) is 27.9 Å². The maximum absolute atomic E-state index is 14.2. The molecule has 0 bridgehead atoms. The minimum Gasteiger partial charge on any atom is -0.493 e. The van der Waals surface area contributed by atoms with E-state index in [0.29, 0.717) is 11.3 Å². The summed E-state index contributed by atoms with van der Waals surface area (Å²) >= 11 is 0. The van der Waals surface area contributed by atoms with Crippen LogP contribution in [0.3, 0.4) is 0 Å².